The third-order valence-corrected chi connectivity index (χ3v) is 5.10. The molecule has 7 nitrogen and oxygen atoms in total. The number of benzene rings is 2. The van der Waals surface area contributed by atoms with Crippen LogP contribution in [0.3, 0.4) is 0 Å². The molecule has 1 heterocycles. The van der Waals surface area contributed by atoms with Gasteiger partial charge in [-0.25, -0.2) is 4.79 Å². The fraction of sp³-hybridized carbons (Fsp3) is 0.238. The SMILES string of the molecule is COc1ccc(OC)c([C@H]2NC(=O)NC(C)=C2C(=O)Nc2ccc(C)c(Cl)c2)c1. The van der Waals surface area contributed by atoms with Gasteiger partial charge in [-0.15, -0.1) is 0 Å². The van der Waals surface area contributed by atoms with Crippen LogP contribution >= 0.6 is 11.6 Å². The largest absolute Gasteiger partial charge is 0.497 e. The standard InChI is InChI=1S/C21H22ClN3O4/c1-11-5-6-13(9-16(11)22)24-20(26)18-12(2)23-21(27)25-19(18)15-10-14(28-3)7-8-17(15)29-4/h5-10,19H,1-4H3,(H,24,26)(H2,23,25,27)/t19-/m1/s1. The summed E-state index contributed by atoms with van der Waals surface area (Å²) in [4.78, 5) is 25.3. The van der Waals surface area contributed by atoms with Gasteiger partial charge < -0.3 is 25.4 Å². The van der Waals surface area contributed by atoms with Gasteiger partial charge in [0.05, 0.1) is 25.8 Å². The first-order valence-corrected chi connectivity index (χ1v) is 9.29. The van der Waals surface area contributed by atoms with Crippen LogP contribution in [0.25, 0.3) is 0 Å². The summed E-state index contributed by atoms with van der Waals surface area (Å²) in [7, 11) is 3.07. The number of anilines is 1. The maximum atomic E-state index is 13.1. The Hall–Kier alpha value is -3.19. The van der Waals surface area contributed by atoms with Crippen LogP contribution in [0.1, 0.15) is 24.1 Å². The van der Waals surface area contributed by atoms with Crippen molar-refractivity contribution in [3.05, 3.63) is 63.8 Å². The summed E-state index contributed by atoms with van der Waals surface area (Å²) in [5.41, 5.74) is 2.87. The molecule has 29 heavy (non-hydrogen) atoms. The van der Waals surface area contributed by atoms with E-state index in [-0.39, 0.29) is 5.91 Å². The number of amides is 3. The van der Waals surface area contributed by atoms with Gasteiger partial charge >= 0.3 is 6.03 Å². The van der Waals surface area contributed by atoms with E-state index in [2.05, 4.69) is 16.0 Å². The molecule has 0 bridgehead atoms. The maximum absolute atomic E-state index is 13.1. The van der Waals surface area contributed by atoms with Crippen molar-refractivity contribution in [1.82, 2.24) is 10.6 Å². The quantitative estimate of drug-likeness (QED) is 0.690. The van der Waals surface area contributed by atoms with Crippen LogP contribution < -0.4 is 25.4 Å². The molecule has 3 amide bonds. The summed E-state index contributed by atoms with van der Waals surface area (Å²) in [6, 6.07) is 9.34. The molecule has 3 rings (SSSR count). The second kappa shape index (κ2) is 8.45. The van der Waals surface area contributed by atoms with Crippen molar-refractivity contribution in [2.75, 3.05) is 19.5 Å². The first-order valence-electron chi connectivity index (χ1n) is 8.91. The summed E-state index contributed by atoms with van der Waals surface area (Å²) in [6.45, 7) is 3.56. The van der Waals surface area contributed by atoms with Crippen LogP contribution in [0.15, 0.2) is 47.7 Å². The van der Waals surface area contributed by atoms with Crippen LogP contribution in [0.4, 0.5) is 10.5 Å². The number of nitrogens with one attached hydrogen (secondary N) is 3. The van der Waals surface area contributed by atoms with E-state index in [1.54, 1.807) is 44.4 Å². The number of allylic oxidation sites excluding steroid dienone is 1. The smallest absolute Gasteiger partial charge is 0.319 e. The summed E-state index contributed by atoms with van der Waals surface area (Å²) in [6.07, 6.45) is 0. The van der Waals surface area contributed by atoms with E-state index in [0.29, 0.717) is 39.0 Å². The van der Waals surface area contributed by atoms with Gasteiger partial charge in [-0.2, -0.15) is 0 Å². The normalized spacial score (nSPS) is 16.0. The highest BCUT2D eigenvalue weighted by atomic mass is 35.5. The second-order valence-corrected chi connectivity index (χ2v) is 7.00. The summed E-state index contributed by atoms with van der Waals surface area (Å²) < 4.78 is 10.7. The molecule has 0 spiro atoms. The molecule has 2 aromatic carbocycles. The van der Waals surface area contributed by atoms with Gasteiger partial charge in [0.1, 0.15) is 11.5 Å². The van der Waals surface area contributed by atoms with Gasteiger partial charge in [0, 0.05) is 22.0 Å². The minimum atomic E-state index is -0.727. The van der Waals surface area contributed by atoms with Crippen LogP contribution in [0, 0.1) is 6.92 Å². The molecule has 0 saturated heterocycles. The third-order valence-electron chi connectivity index (χ3n) is 4.69. The molecule has 8 heteroatoms. The first-order chi connectivity index (χ1) is 13.8. The van der Waals surface area contributed by atoms with Crippen LogP contribution in [-0.2, 0) is 4.79 Å². The molecular weight excluding hydrogens is 394 g/mol. The molecule has 0 fully saturated rings. The van der Waals surface area contributed by atoms with Gasteiger partial charge in [-0.3, -0.25) is 4.79 Å². The molecule has 0 unspecified atom stereocenters. The number of urea groups is 1. The van der Waals surface area contributed by atoms with Crippen molar-refractivity contribution in [3.63, 3.8) is 0 Å². The van der Waals surface area contributed by atoms with E-state index in [0.717, 1.165) is 5.56 Å². The van der Waals surface area contributed by atoms with Gasteiger partial charge in [0.2, 0.25) is 0 Å². The first kappa shape index (κ1) is 20.5. The Bertz CT molecular complexity index is 1000. The molecular formula is C21H22ClN3O4. The van der Waals surface area contributed by atoms with E-state index in [9.17, 15) is 9.59 Å². The van der Waals surface area contributed by atoms with Crippen molar-refractivity contribution in [2.45, 2.75) is 19.9 Å². The topological polar surface area (TPSA) is 88.7 Å². The Kier molecular flexibility index (Phi) is 5.98. The number of ether oxygens (including phenoxy) is 2. The Balaban J connectivity index is 2.02. The highest BCUT2D eigenvalue weighted by Crippen LogP contribution is 2.36. The van der Waals surface area contributed by atoms with Crippen molar-refractivity contribution in [2.24, 2.45) is 0 Å². The molecule has 1 aliphatic heterocycles. The van der Waals surface area contributed by atoms with E-state index < -0.39 is 12.1 Å². The van der Waals surface area contributed by atoms with Gasteiger partial charge in [-0.1, -0.05) is 17.7 Å². The van der Waals surface area contributed by atoms with Crippen molar-refractivity contribution in [3.8, 4) is 11.5 Å². The molecule has 1 atom stereocenters. The predicted octanol–water partition coefficient (Wildman–Crippen LogP) is 3.93. The third kappa shape index (κ3) is 4.30. The Morgan fingerprint density at radius 2 is 1.86 bits per heavy atom. The Labute approximate surface area is 174 Å². The fourth-order valence-corrected chi connectivity index (χ4v) is 3.34. The number of hydrogen-bond acceptors (Lipinski definition) is 4. The summed E-state index contributed by atoms with van der Waals surface area (Å²) >= 11 is 6.17. The number of hydrogen-bond donors (Lipinski definition) is 3. The van der Waals surface area contributed by atoms with Crippen molar-refractivity contribution in [1.29, 1.82) is 0 Å². The molecule has 2 aromatic rings. The number of carbonyl (C=O) groups is 2. The molecule has 0 aliphatic carbocycles. The average molecular weight is 416 g/mol. The zero-order valence-corrected chi connectivity index (χ0v) is 17.3. The highest BCUT2D eigenvalue weighted by molar-refractivity contribution is 6.31. The lowest BCUT2D eigenvalue weighted by Crippen LogP contribution is -2.46. The lowest BCUT2D eigenvalue weighted by Gasteiger charge is -2.29. The number of carbonyl (C=O) groups excluding carboxylic acids is 2. The number of aryl methyl sites for hydroxylation is 1. The van der Waals surface area contributed by atoms with Crippen LogP contribution in [0.2, 0.25) is 5.02 Å². The minimum Gasteiger partial charge on any atom is -0.497 e. The Morgan fingerprint density at radius 1 is 1.10 bits per heavy atom. The zero-order chi connectivity index (χ0) is 21.1. The van der Waals surface area contributed by atoms with E-state index in [4.69, 9.17) is 21.1 Å². The van der Waals surface area contributed by atoms with E-state index in [1.165, 1.54) is 7.11 Å². The fourth-order valence-electron chi connectivity index (χ4n) is 3.16. The minimum absolute atomic E-state index is 0.354. The van der Waals surface area contributed by atoms with Crippen molar-refractivity contribution < 1.29 is 19.1 Å². The van der Waals surface area contributed by atoms with Crippen LogP contribution in [0.5, 0.6) is 11.5 Å². The Morgan fingerprint density at radius 3 is 2.52 bits per heavy atom. The highest BCUT2D eigenvalue weighted by Gasteiger charge is 2.33. The van der Waals surface area contributed by atoms with E-state index in [1.807, 2.05) is 13.0 Å². The summed E-state index contributed by atoms with van der Waals surface area (Å²) in [5, 5.41) is 8.85. The van der Waals surface area contributed by atoms with Crippen LogP contribution in [-0.4, -0.2) is 26.2 Å². The predicted molar refractivity (Wildman–Crippen MR) is 111 cm³/mol. The lowest BCUT2D eigenvalue weighted by molar-refractivity contribution is -0.113. The number of rotatable bonds is 5. The molecule has 1 aliphatic rings. The molecule has 0 saturated carbocycles. The number of halogens is 1. The summed E-state index contributed by atoms with van der Waals surface area (Å²) in [5.74, 6) is 0.732. The van der Waals surface area contributed by atoms with Crippen molar-refractivity contribution >= 4 is 29.2 Å². The molecule has 152 valence electrons. The van der Waals surface area contributed by atoms with Gasteiger partial charge in [0.25, 0.3) is 5.91 Å². The monoisotopic (exact) mass is 415 g/mol. The van der Waals surface area contributed by atoms with E-state index >= 15 is 0 Å². The van der Waals surface area contributed by atoms with Gasteiger partial charge in [0.15, 0.2) is 0 Å². The second-order valence-electron chi connectivity index (χ2n) is 6.60. The maximum Gasteiger partial charge on any atom is 0.319 e. The number of methoxy groups -OCH3 is 2. The molecule has 0 aromatic heterocycles. The lowest BCUT2D eigenvalue weighted by atomic mass is 9.93. The zero-order valence-electron chi connectivity index (χ0n) is 16.6. The molecule has 0 radical (unpaired) electrons. The average Bonchev–Trinajstić information content (AvgIpc) is 2.69. The van der Waals surface area contributed by atoms with Gasteiger partial charge in [-0.05, 0) is 49.7 Å². The molecule has 3 N–H and O–H groups in total.